The van der Waals surface area contributed by atoms with Gasteiger partial charge >= 0.3 is 0 Å². The fourth-order valence-electron chi connectivity index (χ4n) is 3.85. The van der Waals surface area contributed by atoms with Gasteiger partial charge in [-0.3, -0.25) is 9.80 Å². The Hall–Kier alpha value is -1.68. The van der Waals surface area contributed by atoms with Crippen molar-refractivity contribution in [3.63, 3.8) is 0 Å². The van der Waals surface area contributed by atoms with E-state index in [4.69, 9.17) is 0 Å². The monoisotopic (exact) mass is 338 g/mol. The number of aliphatic hydroxyl groups is 1. The number of rotatable bonds is 6. The van der Waals surface area contributed by atoms with Crippen LogP contribution in [0.5, 0.6) is 0 Å². The highest BCUT2D eigenvalue weighted by molar-refractivity contribution is 5.63. The van der Waals surface area contributed by atoms with Gasteiger partial charge in [0.25, 0.3) is 0 Å². The van der Waals surface area contributed by atoms with Crippen LogP contribution in [0.2, 0.25) is 0 Å². The van der Waals surface area contributed by atoms with Gasteiger partial charge in [-0.2, -0.15) is 0 Å². The van der Waals surface area contributed by atoms with Gasteiger partial charge in [-0.25, -0.2) is 0 Å². The van der Waals surface area contributed by atoms with E-state index in [2.05, 4.69) is 78.2 Å². The molecular formula is C22H30N2O. The van der Waals surface area contributed by atoms with Gasteiger partial charge in [0.05, 0.1) is 0 Å². The van der Waals surface area contributed by atoms with E-state index in [0.29, 0.717) is 12.1 Å². The van der Waals surface area contributed by atoms with E-state index >= 15 is 0 Å². The van der Waals surface area contributed by atoms with Crippen LogP contribution in [0.3, 0.4) is 0 Å². The van der Waals surface area contributed by atoms with E-state index in [9.17, 15) is 5.11 Å². The maximum atomic E-state index is 9.39. The zero-order chi connectivity index (χ0) is 17.6. The van der Waals surface area contributed by atoms with Gasteiger partial charge in [-0.1, -0.05) is 54.6 Å². The van der Waals surface area contributed by atoms with Crippen LogP contribution >= 0.6 is 0 Å². The van der Waals surface area contributed by atoms with Crippen molar-refractivity contribution in [2.24, 2.45) is 0 Å². The molecule has 134 valence electrons. The Morgan fingerprint density at radius 3 is 2.28 bits per heavy atom. The molecular weight excluding hydrogens is 308 g/mol. The quantitative estimate of drug-likeness (QED) is 0.871. The van der Waals surface area contributed by atoms with E-state index in [-0.39, 0.29) is 6.61 Å². The highest BCUT2D eigenvalue weighted by Crippen LogP contribution is 2.21. The summed E-state index contributed by atoms with van der Waals surface area (Å²) in [4.78, 5) is 5.06. The summed E-state index contributed by atoms with van der Waals surface area (Å²) in [6.45, 7) is 8.99. The third kappa shape index (κ3) is 4.69. The Bertz CT molecular complexity index is 639. The van der Waals surface area contributed by atoms with Gasteiger partial charge in [0.1, 0.15) is 0 Å². The summed E-state index contributed by atoms with van der Waals surface area (Å²) in [5.74, 6) is 0. The van der Waals surface area contributed by atoms with Crippen molar-refractivity contribution in [1.29, 1.82) is 0 Å². The molecule has 1 saturated heterocycles. The first-order valence-corrected chi connectivity index (χ1v) is 9.40. The first-order valence-electron chi connectivity index (χ1n) is 9.40. The molecule has 1 aliphatic rings. The molecule has 3 rings (SSSR count). The van der Waals surface area contributed by atoms with E-state index in [1.54, 1.807) is 0 Å². The van der Waals surface area contributed by atoms with E-state index in [1.165, 1.54) is 16.7 Å². The lowest BCUT2D eigenvalue weighted by Crippen LogP contribution is -2.55. The molecule has 3 nitrogen and oxygen atoms in total. The summed E-state index contributed by atoms with van der Waals surface area (Å²) in [5.41, 5.74) is 3.90. The minimum atomic E-state index is 0.271. The molecule has 1 atom stereocenters. The van der Waals surface area contributed by atoms with E-state index < -0.39 is 0 Å². The molecule has 0 unspecified atom stereocenters. The van der Waals surface area contributed by atoms with E-state index in [1.807, 2.05) is 0 Å². The van der Waals surface area contributed by atoms with Gasteiger partial charge in [0, 0.05) is 44.9 Å². The van der Waals surface area contributed by atoms with Gasteiger partial charge in [0.2, 0.25) is 0 Å². The summed E-state index contributed by atoms with van der Waals surface area (Å²) in [6, 6.07) is 20.5. The number of aliphatic hydroxyl groups excluding tert-OH is 1. The second kappa shape index (κ2) is 8.61. The number of hydrogen-bond donors (Lipinski definition) is 1. The van der Waals surface area contributed by atoms with Crippen molar-refractivity contribution in [3.05, 3.63) is 60.2 Å². The molecule has 1 aliphatic heterocycles. The fraction of sp³-hybridized carbons (Fsp3) is 0.455. The molecule has 1 fully saturated rings. The standard InChI is InChI=1S/C22H30N2O/c1-18(2)24-14-13-23(17-22(24)12-15-25)16-19-8-10-21(11-9-19)20-6-4-3-5-7-20/h3-11,18,22,25H,12-17H2,1-2H3/t22-/m1/s1. The van der Waals surface area contributed by atoms with Crippen LogP contribution in [0.15, 0.2) is 54.6 Å². The largest absolute Gasteiger partial charge is 0.396 e. The van der Waals surface area contributed by atoms with E-state index in [0.717, 1.165) is 32.6 Å². The Morgan fingerprint density at radius 1 is 0.960 bits per heavy atom. The first-order chi connectivity index (χ1) is 12.2. The Labute approximate surface area is 151 Å². The maximum Gasteiger partial charge on any atom is 0.0446 e. The molecule has 0 bridgehead atoms. The van der Waals surface area contributed by atoms with Crippen LogP contribution in [0.4, 0.5) is 0 Å². The minimum Gasteiger partial charge on any atom is -0.396 e. The van der Waals surface area contributed by atoms with Gasteiger partial charge in [-0.15, -0.1) is 0 Å². The molecule has 0 saturated carbocycles. The molecule has 0 spiro atoms. The zero-order valence-electron chi connectivity index (χ0n) is 15.4. The van der Waals surface area contributed by atoms with Crippen molar-refractivity contribution in [2.75, 3.05) is 26.2 Å². The number of piperazine rings is 1. The Balaban J connectivity index is 1.62. The third-order valence-electron chi connectivity index (χ3n) is 5.21. The maximum absolute atomic E-state index is 9.39. The predicted molar refractivity (Wildman–Crippen MR) is 104 cm³/mol. The van der Waals surface area contributed by atoms with Crippen molar-refractivity contribution in [3.8, 4) is 11.1 Å². The van der Waals surface area contributed by atoms with Gasteiger partial charge in [0.15, 0.2) is 0 Å². The molecule has 0 radical (unpaired) electrons. The molecule has 2 aromatic carbocycles. The molecule has 1 heterocycles. The van der Waals surface area contributed by atoms with Crippen molar-refractivity contribution < 1.29 is 5.11 Å². The SMILES string of the molecule is CC(C)N1CCN(Cc2ccc(-c3ccccc3)cc2)C[C@H]1CCO. The van der Waals surface area contributed by atoms with Crippen LogP contribution in [0, 0.1) is 0 Å². The number of nitrogens with zero attached hydrogens (tertiary/aromatic N) is 2. The lowest BCUT2D eigenvalue weighted by atomic mass is 10.0. The van der Waals surface area contributed by atoms with Crippen LogP contribution < -0.4 is 0 Å². The lowest BCUT2D eigenvalue weighted by Gasteiger charge is -2.43. The molecule has 3 heteroatoms. The molecule has 0 amide bonds. The summed E-state index contributed by atoms with van der Waals surface area (Å²) >= 11 is 0. The molecule has 2 aromatic rings. The molecule has 25 heavy (non-hydrogen) atoms. The van der Waals surface area contributed by atoms with Crippen LogP contribution in [-0.2, 0) is 6.54 Å². The van der Waals surface area contributed by atoms with Gasteiger partial charge < -0.3 is 5.11 Å². The lowest BCUT2D eigenvalue weighted by molar-refractivity contribution is 0.0349. The van der Waals surface area contributed by atoms with Crippen molar-refractivity contribution in [1.82, 2.24) is 9.80 Å². The van der Waals surface area contributed by atoms with Crippen molar-refractivity contribution in [2.45, 2.75) is 38.9 Å². The van der Waals surface area contributed by atoms with Crippen LogP contribution in [0.1, 0.15) is 25.8 Å². The molecule has 0 aromatic heterocycles. The Kier molecular flexibility index (Phi) is 6.24. The normalized spacial score (nSPS) is 19.4. The second-order valence-corrected chi connectivity index (χ2v) is 7.30. The fourth-order valence-corrected chi connectivity index (χ4v) is 3.85. The minimum absolute atomic E-state index is 0.271. The summed E-state index contributed by atoms with van der Waals surface area (Å²) in [6.07, 6.45) is 0.863. The predicted octanol–water partition coefficient (Wildman–Crippen LogP) is 3.63. The zero-order valence-corrected chi connectivity index (χ0v) is 15.4. The summed E-state index contributed by atoms with van der Waals surface area (Å²) in [5, 5.41) is 9.39. The summed E-state index contributed by atoms with van der Waals surface area (Å²) < 4.78 is 0. The van der Waals surface area contributed by atoms with Gasteiger partial charge in [-0.05, 0) is 37.0 Å². The second-order valence-electron chi connectivity index (χ2n) is 7.30. The highest BCUT2D eigenvalue weighted by Gasteiger charge is 2.28. The first kappa shape index (κ1) is 18.1. The highest BCUT2D eigenvalue weighted by atomic mass is 16.3. The molecule has 1 N–H and O–H groups in total. The average Bonchev–Trinajstić information content (AvgIpc) is 2.63. The Morgan fingerprint density at radius 2 is 1.64 bits per heavy atom. The summed E-state index contributed by atoms with van der Waals surface area (Å²) in [7, 11) is 0. The topological polar surface area (TPSA) is 26.7 Å². The third-order valence-corrected chi connectivity index (χ3v) is 5.21. The van der Waals surface area contributed by atoms with Crippen LogP contribution in [-0.4, -0.2) is 53.2 Å². The number of hydrogen-bond acceptors (Lipinski definition) is 3. The number of benzene rings is 2. The van der Waals surface area contributed by atoms with Crippen molar-refractivity contribution >= 4 is 0 Å². The average molecular weight is 338 g/mol. The molecule has 0 aliphatic carbocycles. The smallest absolute Gasteiger partial charge is 0.0446 e. The van der Waals surface area contributed by atoms with Crippen LogP contribution in [0.25, 0.3) is 11.1 Å².